The van der Waals surface area contributed by atoms with Crippen LogP contribution in [0.4, 0.5) is 5.69 Å². The minimum atomic E-state index is -0.158. The molecule has 21 heavy (non-hydrogen) atoms. The molecule has 2 amide bonds. The Balaban J connectivity index is 1.90. The van der Waals surface area contributed by atoms with Crippen molar-refractivity contribution in [3.05, 3.63) is 28.2 Å². The number of carbonyl (C=O) groups excluding carboxylic acids is 2. The summed E-state index contributed by atoms with van der Waals surface area (Å²) in [6, 6.07) is 5.69. The lowest BCUT2D eigenvalue weighted by Gasteiger charge is -2.20. The van der Waals surface area contributed by atoms with Crippen LogP contribution >= 0.6 is 15.9 Å². The summed E-state index contributed by atoms with van der Waals surface area (Å²) in [5, 5.41) is 2.86. The second-order valence-corrected chi connectivity index (χ2v) is 6.60. The summed E-state index contributed by atoms with van der Waals surface area (Å²) in [4.78, 5) is 25.8. The fourth-order valence-corrected chi connectivity index (χ4v) is 3.21. The highest BCUT2D eigenvalue weighted by atomic mass is 79.9. The maximum Gasteiger partial charge on any atom is 0.243 e. The molecule has 1 aromatic rings. The predicted molar refractivity (Wildman–Crippen MR) is 87.1 cm³/mol. The number of anilines is 1. The quantitative estimate of drug-likeness (QED) is 0.903. The normalized spacial score (nSPS) is 15.0. The lowest BCUT2D eigenvalue weighted by molar-refractivity contribution is -0.136. The Labute approximate surface area is 134 Å². The molecule has 1 saturated carbocycles. The van der Waals surface area contributed by atoms with Gasteiger partial charge in [0.15, 0.2) is 0 Å². The van der Waals surface area contributed by atoms with Crippen LogP contribution in [0, 0.1) is 12.8 Å². The summed E-state index contributed by atoms with van der Waals surface area (Å²) < 4.78 is 0.978. The largest absolute Gasteiger partial charge is 0.336 e. The number of nitrogens with one attached hydrogen (secondary N) is 1. The summed E-state index contributed by atoms with van der Waals surface area (Å²) >= 11 is 3.39. The highest BCUT2D eigenvalue weighted by Gasteiger charge is 2.26. The molecule has 1 N–H and O–H groups in total. The average Bonchev–Trinajstić information content (AvgIpc) is 2.95. The van der Waals surface area contributed by atoms with E-state index in [4.69, 9.17) is 0 Å². The van der Waals surface area contributed by atoms with Crippen LogP contribution < -0.4 is 5.32 Å². The minimum Gasteiger partial charge on any atom is -0.336 e. The van der Waals surface area contributed by atoms with Crippen LogP contribution in [0.2, 0.25) is 0 Å². The Bertz CT molecular complexity index is 539. The van der Waals surface area contributed by atoms with Gasteiger partial charge >= 0.3 is 0 Å². The second-order valence-electron chi connectivity index (χ2n) is 5.68. The van der Waals surface area contributed by atoms with Gasteiger partial charge in [0, 0.05) is 23.1 Å². The zero-order valence-electron chi connectivity index (χ0n) is 12.5. The van der Waals surface area contributed by atoms with Crippen LogP contribution in [0.5, 0.6) is 0 Å². The number of hydrogen-bond acceptors (Lipinski definition) is 2. The van der Waals surface area contributed by atoms with E-state index < -0.39 is 0 Å². The number of nitrogens with zero attached hydrogens (tertiary/aromatic N) is 1. The molecule has 0 unspecified atom stereocenters. The molecular formula is C16H21BrN2O2. The van der Waals surface area contributed by atoms with Crippen molar-refractivity contribution in [3.8, 4) is 0 Å². The maximum absolute atomic E-state index is 12.2. The van der Waals surface area contributed by atoms with E-state index in [1.165, 1.54) is 0 Å². The number of likely N-dealkylation sites (N-methyl/N-ethyl adjacent to an activating group) is 1. The molecule has 2 rings (SSSR count). The van der Waals surface area contributed by atoms with E-state index in [2.05, 4.69) is 21.2 Å². The van der Waals surface area contributed by atoms with Crippen molar-refractivity contribution >= 4 is 33.4 Å². The molecule has 1 aliphatic carbocycles. The van der Waals surface area contributed by atoms with Gasteiger partial charge in [0.25, 0.3) is 0 Å². The topological polar surface area (TPSA) is 49.4 Å². The number of benzene rings is 1. The van der Waals surface area contributed by atoms with Crippen LogP contribution in [0.15, 0.2) is 22.7 Å². The molecule has 0 bridgehead atoms. The Kier molecular flexibility index (Phi) is 5.39. The third kappa shape index (κ3) is 4.30. The first kappa shape index (κ1) is 16.0. The fraction of sp³-hybridized carbons (Fsp3) is 0.500. The molecule has 1 fully saturated rings. The smallest absolute Gasteiger partial charge is 0.243 e. The van der Waals surface area contributed by atoms with Crippen LogP contribution in [0.25, 0.3) is 0 Å². The van der Waals surface area contributed by atoms with Gasteiger partial charge in [0.1, 0.15) is 0 Å². The fourth-order valence-electron chi connectivity index (χ4n) is 2.73. The number of aryl methyl sites for hydroxylation is 1. The van der Waals surface area contributed by atoms with Gasteiger partial charge in [-0.2, -0.15) is 0 Å². The molecule has 0 spiro atoms. The molecule has 0 heterocycles. The number of hydrogen-bond donors (Lipinski definition) is 1. The van der Waals surface area contributed by atoms with E-state index in [1.54, 1.807) is 11.9 Å². The minimum absolute atomic E-state index is 0.0928. The van der Waals surface area contributed by atoms with E-state index in [9.17, 15) is 9.59 Å². The third-order valence-electron chi connectivity index (χ3n) is 3.92. The maximum atomic E-state index is 12.2. The van der Waals surface area contributed by atoms with Gasteiger partial charge in [-0.3, -0.25) is 9.59 Å². The van der Waals surface area contributed by atoms with Crippen molar-refractivity contribution in [1.82, 2.24) is 4.90 Å². The molecule has 0 aromatic heterocycles. The number of carbonyl (C=O) groups is 2. The van der Waals surface area contributed by atoms with Gasteiger partial charge in [0.05, 0.1) is 6.54 Å². The highest BCUT2D eigenvalue weighted by Crippen LogP contribution is 2.26. The molecule has 1 aromatic carbocycles. The molecular weight excluding hydrogens is 332 g/mol. The number of halogens is 1. The first-order valence-corrected chi connectivity index (χ1v) is 8.07. The Hall–Kier alpha value is -1.36. The van der Waals surface area contributed by atoms with Crippen LogP contribution in [-0.4, -0.2) is 30.3 Å². The first-order valence-electron chi connectivity index (χ1n) is 7.28. The van der Waals surface area contributed by atoms with Gasteiger partial charge in [0.2, 0.25) is 11.8 Å². The molecule has 114 valence electrons. The van der Waals surface area contributed by atoms with Crippen LogP contribution in [-0.2, 0) is 9.59 Å². The van der Waals surface area contributed by atoms with Crippen molar-refractivity contribution in [2.45, 2.75) is 32.6 Å². The highest BCUT2D eigenvalue weighted by molar-refractivity contribution is 9.10. The zero-order valence-corrected chi connectivity index (χ0v) is 14.1. The SMILES string of the molecule is Cc1cc(Br)ccc1NC(=O)CN(C)C(=O)C1CCCC1. The van der Waals surface area contributed by atoms with Crippen LogP contribution in [0.3, 0.4) is 0 Å². The summed E-state index contributed by atoms with van der Waals surface area (Å²) in [7, 11) is 1.70. The van der Waals surface area contributed by atoms with E-state index in [0.29, 0.717) is 0 Å². The Morgan fingerprint density at radius 2 is 2.00 bits per heavy atom. The summed E-state index contributed by atoms with van der Waals surface area (Å²) in [5.74, 6) is 0.0432. The molecule has 1 aliphatic rings. The molecule has 5 heteroatoms. The average molecular weight is 353 g/mol. The Morgan fingerprint density at radius 1 is 1.33 bits per heavy atom. The summed E-state index contributed by atoms with van der Waals surface area (Å²) in [6.07, 6.45) is 4.15. The lowest BCUT2D eigenvalue weighted by atomic mass is 10.1. The summed E-state index contributed by atoms with van der Waals surface area (Å²) in [6.45, 7) is 2.04. The van der Waals surface area contributed by atoms with E-state index in [1.807, 2.05) is 25.1 Å². The summed E-state index contributed by atoms with van der Waals surface area (Å²) in [5.41, 5.74) is 1.77. The number of rotatable bonds is 4. The Morgan fingerprint density at radius 3 is 2.62 bits per heavy atom. The van der Waals surface area contributed by atoms with Gasteiger partial charge < -0.3 is 10.2 Å². The molecule has 4 nitrogen and oxygen atoms in total. The molecule has 0 radical (unpaired) electrons. The monoisotopic (exact) mass is 352 g/mol. The zero-order chi connectivity index (χ0) is 15.4. The van der Waals surface area contributed by atoms with E-state index in [0.717, 1.165) is 41.4 Å². The molecule has 0 aliphatic heterocycles. The van der Waals surface area contributed by atoms with Crippen molar-refractivity contribution in [1.29, 1.82) is 0 Å². The van der Waals surface area contributed by atoms with Gasteiger partial charge in [-0.25, -0.2) is 0 Å². The first-order chi connectivity index (χ1) is 9.97. The number of amides is 2. The molecule has 0 saturated heterocycles. The second kappa shape index (κ2) is 7.07. The van der Waals surface area contributed by atoms with Gasteiger partial charge in [-0.15, -0.1) is 0 Å². The lowest BCUT2D eigenvalue weighted by Crippen LogP contribution is -2.38. The van der Waals surface area contributed by atoms with E-state index in [-0.39, 0.29) is 24.3 Å². The van der Waals surface area contributed by atoms with Crippen molar-refractivity contribution in [2.75, 3.05) is 18.9 Å². The van der Waals surface area contributed by atoms with Crippen LogP contribution in [0.1, 0.15) is 31.2 Å². The molecule has 0 atom stereocenters. The van der Waals surface area contributed by atoms with Gasteiger partial charge in [-0.05, 0) is 43.5 Å². The van der Waals surface area contributed by atoms with Crippen molar-refractivity contribution in [3.63, 3.8) is 0 Å². The van der Waals surface area contributed by atoms with Crippen molar-refractivity contribution in [2.24, 2.45) is 5.92 Å². The predicted octanol–water partition coefficient (Wildman–Crippen LogP) is 3.34. The third-order valence-corrected chi connectivity index (χ3v) is 4.42. The van der Waals surface area contributed by atoms with E-state index >= 15 is 0 Å². The van der Waals surface area contributed by atoms with Crippen molar-refractivity contribution < 1.29 is 9.59 Å². The standard InChI is InChI=1S/C16H21BrN2O2/c1-11-9-13(17)7-8-14(11)18-15(20)10-19(2)16(21)12-5-3-4-6-12/h7-9,12H,3-6,10H2,1-2H3,(H,18,20). The van der Waals surface area contributed by atoms with Gasteiger partial charge in [-0.1, -0.05) is 28.8 Å².